The standard InChI is InChI=1S/C25H29NO2/c1-6-10-19(5)24(25(28)26-21-11-8-7-9-12-21)23(27)16-20-15-18(4)13-14-22(20)17(2)3/h1,7-12,15,20,22,27H,2,13-14,16H2,3-5H3,(H,26,28)/b19-10-,24-23-. The molecule has 0 fully saturated rings. The Morgan fingerprint density at radius 1 is 1.36 bits per heavy atom. The van der Waals surface area contributed by atoms with Crippen molar-refractivity contribution in [3.05, 3.63) is 77.1 Å². The van der Waals surface area contributed by atoms with Gasteiger partial charge in [-0.2, -0.15) is 0 Å². The maximum Gasteiger partial charge on any atom is 0.259 e. The van der Waals surface area contributed by atoms with E-state index in [1.165, 1.54) is 11.6 Å². The molecule has 0 saturated heterocycles. The predicted molar refractivity (Wildman–Crippen MR) is 117 cm³/mol. The molecule has 1 aliphatic carbocycles. The molecular formula is C25H29NO2. The number of carbonyl (C=O) groups excluding carboxylic acids is 1. The van der Waals surface area contributed by atoms with Gasteiger partial charge in [-0.1, -0.05) is 47.9 Å². The first-order chi connectivity index (χ1) is 13.3. The van der Waals surface area contributed by atoms with Gasteiger partial charge < -0.3 is 10.4 Å². The highest BCUT2D eigenvalue weighted by Gasteiger charge is 2.27. The molecule has 0 spiro atoms. The lowest BCUT2D eigenvalue weighted by atomic mass is 9.75. The Morgan fingerprint density at radius 3 is 2.64 bits per heavy atom. The number of benzene rings is 1. The maximum absolute atomic E-state index is 12.9. The molecule has 2 N–H and O–H groups in total. The highest BCUT2D eigenvalue weighted by Crippen LogP contribution is 2.37. The molecule has 2 atom stereocenters. The Hall–Kier alpha value is -2.99. The van der Waals surface area contributed by atoms with Gasteiger partial charge in [-0.05, 0) is 69.2 Å². The van der Waals surface area contributed by atoms with Crippen molar-refractivity contribution in [2.75, 3.05) is 5.32 Å². The fraction of sp³-hybridized carbons (Fsp3) is 0.320. The fourth-order valence-electron chi connectivity index (χ4n) is 3.75. The van der Waals surface area contributed by atoms with Gasteiger partial charge in [0.25, 0.3) is 5.91 Å². The first kappa shape index (κ1) is 21.3. The molecule has 3 heteroatoms. The van der Waals surface area contributed by atoms with Crippen LogP contribution >= 0.6 is 0 Å². The Bertz CT molecular complexity index is 866. The van der Waals surface area contributed by atoms with E-state index in [2.05, 4.69) is 30.8 Å². The average molecular weight is 376 g/mol. The number of anilines is 1. The zero-order valence-corrected chi connectivity index (χ0v) is 17.0. The Balaban J connectivity index is 2.37. The quantitative estimate of drug-likeness (QED) is 0.212. The molecule has 1 aliphatic rings. The van der Waals surface area contributed by atoms with Gasteiger partial charge in [0.1, 0.15) is 5.76 Å². The van der Waals surface area contributed by atoms with Crippen LogP contribution in [0.2, 0.25) is 0 Å². The third-order valence-electron chi connectivity index (χ3n) is 5.17. The van der Waals surface area contributed by atoms with Crippen molar-refractivity contribution in [1.29, 1.82) is 0 Å². The minimum Gasteiger partial charge on any atom is -0.511 e. The molecule has 0 heterocycles. The van der Waals surface area contributed by atoms with Crippen molar-refractivity contribution >= 4 is 11.6 Å². The van der Waals surface area contributed by atoms with Gasteiger partial charge >= 0.3 is 0 Å². The summed E-state index contributed by atoms with van der Waals surface area (Å²) in [4.78, 5) is 12.9. The van der Waals surface area contributed by atoms with Crippen LogP contribution in [0.4, 0.5) is 5.69 Å². The first-order valence-electron chi connectivity index (χ1n) is 9.58. The van der Waals surface area contributed by atoms with Crippen LogP contribution in [-0.4, -0.2) is 11.0 Å². The summed E-state index contributed by atoms with van der Waals surface area (Å²) in [6.45, 7) is 10.00. The van der Waals surface area contributed by atoms with E-state index in [0.717, 1.165) is 18.4 Å². The number of para-hydroxylation sites is 1. The molecular weight excluding hydrogens is 346 g/mol. The van der Waals surface area contributed by atoms with E-state index in [4.69, 9.17) is 6.42 Å². The molecule has 0 bridgehead atoms. The Labute approximate surface area is 168 Å². The number of hydrogen-bond donors (Lipinski definition) is 2. The normalized spacial score (nSPS) is 20.5. The average Bonchev–Trinajstić information content (AvgIpc) is 2.62. The van der Waals surface area contributed by atoms with E-state index in [0.29, 0.717) is 23.6 Å². The number of aliphatic hydroxyl groups excluding tert-OH is 1. The lowest BCUT2D eigenvalue weighted by Gasteiger charge is -2.30. The summed E-state index contributed by atoms with van der Waals surface area (Å²) >= 11 is 0. The molecule has 28 heavy (non-hydrogen) atoms. The molecule has 1 amide bonds. The molecule has 1 aromatic carbocycles. The van der Waals surface area contributed by atoms with Gasteiger partial charge in [-0.15, -0.1) is 6.42 Å². The van der Waals surface area contributed by atoms with E-state index in [-0.39, 0.29) is 23.2 Å². The number of terminal acetylenes is 1. The van der Waals surface area contributed by atoms with Gasteiger partial charge in [0, 0.05) is 12.1 Å². The Morgan fingerprint density at radius 2 is 2.04 bits per heavy atom. The van der Waals surface area contributed by atoms with E-state index in [1.807, 2.05) is 25.1 Å². The van der Waals surface area contributed by atoms with E-state index < -0.39 is 0 Å². The van der Waals surface area contributed by atoms with Crippen molar-refractivity contribution in [1.82, 2.24) is 0 Å². The lowest BCUT2D eigenvalue weighted by Crippen LogP contribution is -2.22. The third kappa shape index (κ3) is 5.50. The Kier molecular flexibility index (Phi) is 7.46. The second-order valence-electron chi connectivity index (χ2n) is 7.51. The monoisotopic (exact) mass is 375 g/mol. The number of aliphatic hydroxyl groups is 1. The molecule has 3 nitrogen and oxygen atoms in total. The van der Waals surface area contributed by atoms with Gasteiger partial charge in [-0.25, -0.2) is 0 Å². The van der Waals surface area contributed by atoms with Gasteiger partial charge in [0.15, 0.2) is 0 Å². The minimum absolute atomic E-state index is 0.0552. The largest absolute Gasteiger partial charge is 0.511 e. The molecule has 1 aromatic rings. The zero-order chi connectivity index (χ0) is 20.7. The van der Waals surface area contributed by atoms with Crippen molar-refractivity contribution in [2.24, 2.45) is 11.8 Å². The lowest BCUT2D eigenvalue weighted by molar-refractivity contribution is -0.112. The summed E-state index contributed by atoms with van der Waals surface area (Å²) in [6, 6.07) is 9.17. The van der Waals surface area contributed by atoms with Crippen LogP contribution in [0.25, 0.3) is 0 Å². The smallest absolute Gasteiger partial charge is 0.259 e. The SMILES string of the molecule is C#C/C=C(C)\C(C(=O)Nc1ccccc1)=C(\O)CC1C=C(C)CCC1C(=C)C. The van der Waals surface area contributed by atoms with Crippen LogP contribution in [0.1, 0.15) is 40.0 Å². The van der Waals surface area contributed by atoms with Crippen LogP contribution in [0, 0.1) is 24.2 Å². The number of allylic oxidation sites excluding steroid dienone is 5. The number of rotatable bonds is 6. The van der Waals surface area contributed by atoms with Crippen molar-refractivity contribution in [2.45, 2.75) is 40.0 Å². The van der Waals surface area contributed by atoms with E-state index >= 15 is 0 Å². The number of hydrogen-bond acceptors (Lipinski definition) is 2. The maximum atomic E-state index is 12.9. The first-order valence-corrected chi connectivity index (χ1v) is 9.58. The van der Waals surface area contributed by atoms with Crippen LogP contribution in [0.15, 0.2) is 77.1 Å². The highest BCUT2D eigenvalue weighted by molar-refractivity contribution is 6.07. The number of nitrogens with one attached hydrogen (secondary N) is 1. The molecule has 2 unspecified atom stereocenters. The van der Waals surface area contributed by atoms with Gasteiger partial charge in [-0.3, -0.25) is 4.79 Å². The van der Waals surface area contributed by atoms with Gasteiger partial charge in [0.2, 0.25) is 0 Å². The van der Waals surface area contributed by atoms with E-state index in [9.17, 15) is 9.90 Å². The molecule has 0 saturated carbocycles. The zero-order valence-electron chi connectivity index (χ0n) is 17.0. The third-order valence-corrected chi connectivity index (χ3v) is 5.17. The molecule has 0 aromatic heterocycles. The van der Waals surface area contributed by atoms with Crippen molar-refractivity contribution in [3.63, 3.8) is 0 Å². The molecule has 146 valence electrons. The summed E-state index contributed by atoms with van der Waals surface area (Å²) in [5.41, 5.74) is 3.88. The number of carbonyl (C=O) groups is 1. The van der Waals surface area contributed by atoms with E-state index in [1.54, 1.807) is 19.1 Å². The van der Waals surface area contributed by atoms with Crippen molar-refractivity contribution in [3.8, 4) is 12.3 Å². The second kappa shape index (κ2) is 9.80. The highest BCUT2D eigenvalue weighted by atomic mass is 16.3. The summed E-state index contributed by atoms with van der Waals surface area (Å²) in [7, 11) is 0. The second-order valence-corrected chi connectivity index (χ2v) is 7.51. The molecule has 0 radical (unpaired) electrons. The van der Waals surface area contributed by atoms with Gasteiger partial charge in [0.05, 0.1) is 5.57 Å². The summed E-state index contributed by atoms with van der Waals surface area (Å²) in [6.07, 6.45) is 11.5. The fourth-order valence-corrected chi connectivity index (χ4v) is 3.75. The van der Waals surface area contributed by atoms with Crippen LogP contribution in [0.5, 0.6) is 0 Å². The van der Waals surface area contributed by atoms with Crippen LogP contribution in [-0.2, 0) is 4.79 Å². The summed E-state index contributed by atoms with van der Waals surface area (Å²) in [5.74, 6) is 2.54. The van der Waals surface area contributed by atoms with Crippen LogP contribution in [0.3, 0.4) is 0 Å². The molecule has 2 rings (SSSR count). The molecule has 0 aliphatic heterocycles. The predicted octanol–water partition coefficient (Wildman–Crippen LogP) is 5.96. The topological polar surface area (TPSA) is 49.3 Å². The number of amides is 1. The summed E-state index contributed by atoms with van der Waals surface area (Å²) < 4.78 is 0. The van der Waals surface area contributed by atoms with Crippen LogP contribution < -0.4 is 5.32 Å². The summed E-state index contributed by atoms with van der Waals surface area (Å²) in [5, 5.41) is 13.8. The van der Waals surface area contributed by atoms with Crippen molar-refractivity contribution < 1.29 is 9.90 Å². The minimum atomic E-state index is -0.365.